The Hall–Kier alpha value is -2.50. The summed E-state index contributed by atoms with van der Waals surface area (Å²) in [4.78, 5) is 11.9. The summed E-state index contributed by atoms with van der Waals surface area (Å²) in [7, 11) is 0. The summed E-state index contributed by atoms with van der Waals surface area (Å²) in [5.41, 5.74) is -0.139. The van der Waals surface area contributed by atoms with Gasteiger partial charge in [-0.2, -0.15) is 8.78 Å². The fraction of sp³-hybridized carbons (Fsp3) is 0.0714. The minimum atomic E-state index is -3.01. The normalized spacial score (nSPS) is 10.4. The Morgan fingerprint density at radius 2 is 1.70 bits per heavy atom. The van der Waals surface area contributed by atoms with Crippen LogP contribution in [-0.4, -0.2) is 12.5 Å². The summed E-state index contributed by atoms with van der Waals surface area (Å²) in [5, 5.41) is 2.34. The highest BCUT2D eigenvalue weighted by Crippen LogP contribution is 2.26. The van der Waals surface area contributed by atoms with Gasteiger partial charge in [0.1, 0.15) is 11.6 Å². The maximum Gasteiger partial charge on any atom is 0.387 e. The molecule has 0 heterocycles. The van der Waals surface area contributed by atoms with Gasteiger partial charge in [0.15, 0.2) is 0 Å². The summed E-state index contributed by atoms with van der Waals surface area (Å²) in [6, 6.07) is 11.1. The number of nitrogens with one attached hydrogen (secondary N) is 1. The van der Waals surface area contributed by atoms with Crippen molar-refractivity contribution in [3.8, 4) is 5.75 Å². The zero-order valence-corrected chi connectivity index (χ0v) is 10.1. The molecule has 104 valence electrons. The Labute approximate surface area is 113 Å². The van der Waals surface area contributed by atoms with Gasteiger partial charge in [0.25, 0.3) is 5.91 Å². The molecular formula is C14H10F3NO2. The first-order valence-corrected chi connectivity index (χ1v) is 5.67. The number of carbonyl (C=O) groups is 1. The first kappa shape index (κ1) is 13.9. The van der Waals surface area contributed by atoms with E-state index in [0.29, 0.717) is 0 Å². The van der Waals surface area contributed by atoms with Crippen LogP contribution in [0.5, 0.6) is 5.75 Å². The van der Waals surface area contributed by atoms with E-state index in [1.54, 1.807) is 0 Å². The SMILES string of the molecule is O=C(Nc1ccccc1OC(F)F)c1ccccc1F. The predicted molar refractivity (Wildman–Crippen MR) is 67.4 cm³/mol. The van der Waals surface area contributed by atoms with Gasteiger partial charge >= 0.3 is 6.61 Å². The number of halogens is 3. The van der Waals surface area contributed by atoms with Gasteiger partial charge in [0, 0.05) is 0 Å². The number of para-hydroxylation sites is 2. The van der Waals surface area contributed by atoms with Crippen LogP contribution < -0.4 is 10.1 Å². The van der Waals surface area contributed by atoms with Crippen LogP contribution in [0.15, 0.2) is 48.5 Å². The number of ether oxygens (including phenoxy) is 1. The van der Waals surface area contributed by atoms with Crippen molar-refractivity contribution in [3.63, 3.8) is 0 Å². The smallest absolute Gasteiger partial charge is 0.387 e. The monoisotopic (exact) mass is 281 g/mol. The predicted octanol–water partition coefficient (Wildman–Crippen LogP) is 3.68. The van der Waals surface area contributed by atoms with Gasteiger partial charge in [0.2, 0.25) is 0 Å². The van der Waals surface area contributed by atoms with Crippen molar-refractivity contribution < 1.29 is 22.7 Å². The Bertz CT molecular complexity index is 617. The van der Waals surface area contributed by atoms with E-state index in [1.807, 2.05) is 0 Å². The molecular weight excluding hydrogens is 271 g/mol. The summed E-state index contributed by atoms with van der Waals surface area (Å²) in [6.07, 6.45) is 0. The first-order valence-electron chi connectivity index (χ1n) is 5.67. The molecule has 0 saturated carbocycles. The molecule has 0 fully saturated rings. The average molecular weight is 281 g/mol. The second-order valence-electron chi connectivity index (χ2n) is 3.81. The molecule has 0 saturated heterocycles. The van der Waals surface area contributed by atoms with Crippen LogP contribution in [0.2, 0.25) is 0 Å². The molecule has 0 atom stereocenters. The first-order chi connectivity index (χ1) is 9.58. The molecule has 0 aliphatic carbocycles. The molecule has 0 unspecified atom stereocenters. The zero-order valence-electron chi connectivity index (χ0n) is 10.1. The molecule has 0 aliphatic rings. The Kier molecular flexibility index (Phi) is 4.24. The molecule has 0 radical (unpaired) electrons. The van der Waals surface area contributed by atoms with Crippen molar-refractivity contribution >= 4 is 11.6 Å². The number of alkyl halides is 2. The van der Waals surface area contributed by atoms with Crippen molar-refractivity contribution in [1.82, 2.24) is 0 Å². The molecule has 1 amide bonds. The zero-order chi connectivity index (χ0) is 14.5. The average Bonchev–Trinajstić information content (AvgIpc) is 2.41. The second-order valence-corrected chi connectivity index (χ2v) is 3.81. The molecule has 2 aromatic rings. The van der Waals surface area contributed by atoms with Gasteiger partial charge in [-0.3, -0.25) is 4.79 Å². The van der Waals surface area contributed by atoms with E-state index in [0.717, 1.165) is 6.07 Å². The van der Waals surface area contributed by atoms with Crippen LogP contribution in [-0.2, 0) is 0 Å². The van der Waals surface area contributed by atoms with Crippen molar-refractivity contribution in [3.05, 3.63) is 59.9 Å². The van der Waals surface area contributed by atoms with Gasteiger partial charge in [-0.25, -0.2) is 4.39 Å². The summed E-state index contributed by atoms with van der Waals surface area (Å²) in [5.74, 6) is -1.63. The van der Waals surface area contributed by atoms with E-state index < -0.39 is 18.3 Å². The van der Waals surface area contributed by atoms with Gasteiger partial charge in [-0.05, 0) is 24.3 Å². The third-order valence-electron chi connectivity index (χ3n) is 2.47. The standard InChI is InChI=1S/C14H10F3NO2/c15-10-6-2-1-5-9(10)13(19)18-11-7-3-4-8-12(11)20-14(16)17/h1-8,14H,(H,18,19). The highest BCUT2D eigenvalue weighted by molar-refractivity contribution is 6.05. The van der Waals surface area contributed by atoms with Crippen LogP contribution >= 0.6 is 0 Å². The third-order valence-corrected chi connectivity index (χ3v) is 2.47. The van der Waals surface area contributed by atoms with Gasteiger partial charge < -0.3 is 10.1 Å². The Morgan fingerprint density at radius 3 is 2.40 bits per heavy atom. The van der Waals surface area contributed by atoms with E-state index in [2.05, 4.69) is 10.1 Å². The van der Waals surface area contributed by atoms with Crippen molar-refractivity contribution in [2.45, 2.75) is 6.61 Å². The lowest BCUT2D eigenvalue weighted by atomic mass is 10.2. The molecule has 0 bridgehead atoms. The minimum Gasteiger partial charge on any atom is -0.433 e. The lowest BCUT2D eigenvalue weighted by Gasteiger charge is -2.11. The van der Waals surface area contributed by atoms with Gasteiger partial charge in [0.05, 0.1) is 11.3 Å². The highest BCUT2D eigenvalue weighted by atomic mass is 19.3. The Morgan fingerprint density at radius 1 is 1.05 bits per heavy atom. The summed E-state index contributed by atoms with van der Waals surface area (Å²) in [6.45, 7) is -3.01. The summed E-state index contributed by atoms with van der Waals surface area (Å²) >= 11 is 0. The number of hydrogen-bond acceptors (Lipinski definition) is 2. The van der Waals surface area contributed by atoms with E-state index in [9.17, 15) is 18.0 Å². The maximum absolute atomic E-state index is 13.4. The van der Waals surface area contributed by atoms with Crippen LogP contribution in [0.3, 0.4) is 0 Å². The Balaban J connectivity index is 2.22. The minimum absolute atomic E-state index is 0.0426. The van der Waals surface area contributed by atoms with Crippen molar-refractivity contribution in [2.24, 2.45) is 0 Å². The molecule has 20 heavy (non-hydrogen) atoms. The second kappa shape index (κ2) is 6.10. The van der Waals surface area contributed by atoms with Crippen molar-refractivity contribution in [1.29, 1.82) is 0 Å². The van der Waals surface area contributed by atoms with Crippen LogP contribution in [0.25, 0.3) is 0 Å². The van der Waals surface area contributed by atoms with Crippen LogP contribution in [0.1, 0.15) is 10.4 Å². The van der Waals surface area contributed by atoms with Crippen molar-refractivity contribution in [2.75, 3.05) is 5.32 Å². The lowest BCUT2D eigenvalue weighted by Crippen LogP contribution is -2.15. The number of amides is 1. The van der Waals surface area contributed by atoms with Gasteiger partial charge in [-0.1, -0.05) is 24.3 Å². The number of rotatable bonds is 4. The number of hydrogen-bond donors (Lipinski definition) is 1. The number of carbonyl (C=O) groups excluding carboxylic acids is 1. The van der Waals surface area contributed by atoms with E-state index in [4.69, 9.17) is 0 Å². The maximum atomic E-state index is 13.4. The van der Waals surface area contributed by atoms with Crippen LogP contribution in [0.4, 0.5) is 18.9 Å². The highest BCUT2D eigenvalue weighted by Gasteiger charge is 2.14. The van der Waals surface area contributed by atoms with Gasteiger partial charge in [-0.15, -0.1) is 0 Å². The molecule has 0 spiro atoms. The molecule has 3 nitrogen and oxygen atoms in total. The molecule has 0 aliphatic heterocycles. The molecule has 2 rings (SSSR count). The quantitative estimate of drug-likeness (QED) is 0.928. The number of benzene rings is 2. The third kappa shape index (κ3) is 3.28. The number of anilines is 1. The lowest BCUT2D eigenvalue weighted by molar-refractivity contribution is -0.0493. The van der Waals surface area contributed by atoms with Crippen LogP contribution in [0, 0.1) is 5.82 Å². The molecule has 1 N–H and O–H groups in total. The molecule has 0 aromatic heterocycles. The molecule has 6 heteroatoms. The topological polar surface area (TPSA) is 38.3 Å². The largest absolute Gasteiger partial charge is 0.433 e. The van der Waals surface area contributed by atoms with E-state index >= 15 is 0 Å². The molecule has 2 aromatic carbocycles. The fourth-order valence-corrected chi connectivity index (χ4v) is 1.60. The van der Waals surface area contributed by atoms with E-state index in [1.165, 1.54) is 42.5 Å². The fourth-order valence-electron chi connectivity index (χ4n) is 1.60. The summed E-state index contributed by atoms with van der Waals surface area (Å²) < 4.78 is 42.2. The van der Waals surface area contributed by atoms with E-state index in [-0.39, 0.29) is 17.0 Å².